The van der Waals surface area contributed by atoms with Crippen LogP contribution in [0.2, 0.25) is 0 Å². The van der Waals surface area contributed by atoms with E-state index in [0.29, 0.717) is 18.3 Å². The van der Waals surface area contributed by atoms with Crippen molar-refractivity contribution in [1.29, 1.82) is 5.26 Å². The average molecular weight is 416 g/mol. The molecule has 1 saturated heterocycles. The van der Waals surface area contributed by atoms with Gasteiger partial charge in [0, 0.05) is 42.4 Å². The average Bonchev–Trinajstić information content (AvgIpc) is 3.54. The van der Waals surface area contributed by atoms with Gasteiger partial charge in [-0.05, 0) is 49.1 Å². The molecule has 0 radical (unpaired) electrons. The van der Waals surface area contributed by atoms with Gasteiger partial charge in [-0.2, -0.15) is 10.4 Å². The Morgan fingerprint density at radius 2 is 1.97 bits per heavy atom. The predicted molar refractivity (Wildman–Crippen MR) is 118 cm³/mol. The molecule has 1 N–H and O–H groups in total. The van der Waals surface area contributed by atoms with Crippen LogP contribution in [0.25, 0.3) is 11.3 Å². The van der Waals surface area contributed by atoms with Gasteiger partial charge in [0.15, 0.2) is 0 Å². The van der Waals surface area contributed by atoms with Crippen molar-refractivity contribution in [2.24, 2.45) is 5.92 Å². The van der Waals surface area contributed by atoms with Crippen LogP contribution in [0.5, 0.6) is 0 Å². The Morgan fingerprint density at radius 1 is 1.16 bits per heavy atom. The van der Waals surface area contributed by atoms with Crippen molar-refractivity contribution < 1.29 is 4.74 Å². The number of anilines is 3. The molecular weight excluding hydrogens is 390 g/mol. The molecule has 1 atom stereocenters. The summed E-state index contributed by atoms with van der Waals surface area (Å²) in [6.07, 6.45) is 8.39. The van der Waals surface area contributed by atoms with Gasteiger partial charge in [-0.1, -0.05) is 0 Å². The SMILES string of the molecule is N#CCC(C1CC1)n1cc(-c2ccnc(Nc3ccc(N4CCOCC4)cc3)n2)cn1. The quantitative estimate of drug-likeness (QED) is 0.628. The van der Waals surface area contributed by atoms with E-state index in [1.807, 2.05) is 35.3 Å². The summed E-state index contributed by atoms with van der Waals surface area (Å²) in [7, 11) is 0. The highest BCUT2D eigenvalue weighted by Crippen LogP contribution is 2.41. The van der Waals surface area contributed by atoms with Gasteiger partial charge >= 0.3 is 0 Å². The maximum Gasteiger partial charge on any atom is 0.227 e. The topological polar surface area (TPSA) is 91.9 Å². The molecule has 8 nitrogen and oxygen atoms in total. The van der Waals surface area contributed by atoms with E-state index in [1.54, 1.807) is 6.20 Å². The third-order valence-electron chi connectivity index (χ3n) is 5.86. The first kappa shape index (κ1) is 19.5. The van der Waals surface area contributed by atoms with E-state index in [-0.39, 0.29) is 6.04 Å². The van der Waals surface area contributed by atoms with Gasteiger partial charge in [0.05, 0.1) is 43.6 Å². The standard InChI is InChI=1S/C23H25N7O/c24-9-7-22(17-1-2-17)30-16-18(15-26-30)21-8-10-25-23(28-21)27-19-3-5-20(6-4-19)29-11-13-31-14-12-29/h3-6,8,10,15-17,22H,1-2,7,11-14H2,(H,25,27,28). The van der Waals surface area contributed by atoms with Gasteiger partial charge in [-0.25, -0.2) is 9.97 Å². The highest BCUT2D eigenvalue weighted by molar-refractivity contribution is 5.62. The number of morpholine rings is 1. The largest absolute Gasteiger partial charge is 0.378 e. The summed E-state index contributed by atoms with van der Waals surface area (Å²) < 4.78 is 7.35. The summed E-state index contributed by atoms with van der Waals surface area (Å²) in [5.74, 6) is 1.11. The van der Waals surface area contributed by atoms with E-state index in [2.05, 4.69) is 43.5 Å². The number of nitriles is 1. The molecule has 3 heterocycles. The Labute approximate surface area is 181 Å². The molecule has 1 saturated carbocycles. The molecule has 1 aliphatic carbocycles. The lowest BCUT2D eigenvalue weighted by atomic mass is 10.1. The minimum Gasteiger partial charge on any atom is -0.378 e. The highest BCUT2D eigenvalue weighted by atomic mass is 16.5. The molecular formula is C23H25N7O. The molecule has 2 aromatic heterocycles. The number of hydrogen-bond acceptors (Lipinski definition) is 7. The Hall–Kier alpha value is -3.44. The second-order valence-corrected chi connectivity index (χ2v) is 8.01. The van der Waals surface area contributed by atoms with Gasteiger partial charge in [-0.15, -0.1) is 0 Å². The van der Waals surface area contributed by atoms with E-state index >= 15 is 0 Å². The van der Waals surface area contributed by atoms with Crippen molar-refractivity contribution in [1.82, 2.24) is 19.7 Å². The molecule has 2 fully saturated rings. The molecule has 1 aliphatic heterocycles. The van der Waals surface area contributed by atoms with Crippen LogP contribution in [0, 0.1) is 17.2 Å². The molecule has 158 valence electrons. The minimum atomic E-state index is 0.156. The lowest BCUT2D eigenvalue weighted by molar-refractivity contribution is 0.122. The zero-order valence-electron chi connectivity index (χ0n) is 17.3. The van der Waals surface area contributed by atoms with Crippen LogP contribution in [-0.2, 0) is 4.74 Å². The van der Waals surface area contributed by atoms with Crippen LogP contribution < -0.4 is 10.2 Å². The summed E-state index contributed by atoms with van der Waals surface area (Å²) in [5.41, 5.74) is 3.86. The van der Waals surface area contributed by atoms with Crippen molar-refractivity contribution in [3.8, 4) is 17.3 Å². The fourth-order valence-corrected chi connectivity index (χ4v) is 3.99. The Morgan fingerprint density at radius 3 is 2.71 bits per heavy atom. The van der Waals surface area contributed by atoms with E-state index in [9.17, 15) is 0 Å². The van der Waals surface area contributed by atoms with Gasteiger partial charge in [0.2, 0.25) is 5.95 Å². The third kappa shape index (κ3) is 4.52. The predicted octanol–water partition coefficient (Wildman–Crippen LogP) is 3.79. The molecule has 5 rings (SSSR count). The lowest BCUT2D eigenvalue weighted by Crippen LogP contribution is -2.36. The maximum absolute atomic E-state index is 9.14. The summed E-state index contributed by atoms with van der Waals surface area (Å²) in [6, 6.07) is 12.6. The zero-order chi connectivity index (χ0) is 21.0. The summed E-state index contributed by atoms with van der Waals surface area (Å²) in [6.45, 7) is 3.38. The number of nitrogens with one attached hydrogen (secondary N) is 1. The first-order valence-electron chi connectivity index (χ1n) is 10.7. The molecule has 31 heavy (non-hydrogen) atoms. The molecule has 0 spiro atoms. The minimum absolute atomic E-state index is 0.156. The molecule has 0 bridgehead atoms. The third-order valence-corrected chi connectivity index (χ3v) is 5.86. The Kier molecular flexibility index (Phi) is 5.50. The van der Waals surface area contributed by atoms with Crippen LogP contribution in [0.4, 0.5) is 17.3 Å². The molecule has 0 amide bonds. The van der Waals surface area contributed by atoms with Gasteiger partial charge < -0.3 is 15.0 Å². The van der Waals surface area contributed by atoms with Crippen molar-refractivity contribution in [2.75, 3.05) is 36.5 Å². The van der Waals surface area contributed by atoms with Gasteiger partial charge in [0.1, 0.15) is 0 Å². The van der Waals surface area contributed by atoms with Gasteiger partial charge in [-0.3, -0.25) is 4.68 Å². The smallest absolute Gasteiger partial charge is 0.227 e. The summed E-state index contributed by atoms with van der Waals surface area (Å²) in [4.78, 5) is 11.3. The number of hydrogen-bond donors (Lipinski definition) is 1. The molecule has 8 heteroatoms. The second kappa shape index (κ2) is 8.74. The molecule has 1 aromatic carbocycles. The normalized spacial score (nSPS) is 17.2. The van der Waals surface area contributed by atoms with Crippen molar-refractivity contribution in [3.05, 3.63) is 48.9 Å². The molecule has 2 aliphatic rings. The Balaban J connectivity index is 1.29. The second-order valence-electron chi connectivity index (χ2n) is 8.01. The Bertz CT molecular complexity index is 1060. The van der Waals surface area contributed by atoms with Crippen LogP contribution in [-0.4, -0.2) is 46.1 Å². The summed E-state index contributed by atoms with van der Waals surface area (Å²) in [5, 5.41) is 16.9. The first-order chi connectivity index (χ1) is 15.3. The number of rotatable bonds is 7. The number of ether oxygens (including phenoxy) is 1. The van der Waals surface area contributed by atoms with E-state index in [1.165, 1.54) is 18.5 Å². The first-order valence-corrected chi connectivity index (χ1v) is 10.7. The van der Waals surface area contributed by atoms with Crippen molar-refractivity contribution in [2.45, 2.75) is 25.3 Å². The number of nitrogens with zero attached hydrogens (tertiary/aromatic N) is 6. The molecule has 3 aromatic rings. The van der Waals surface area contributed by atoms with Crippen molar-refractivity contribution >= 4 is 17.3 Å². The van der Waals surface area contributed by atoms with Crippen LogP contribution in [0.3, 0.4) is 0 Å². The van der Waals surface area contributed by atoms with E-state index in [4.69, 9.17) is 10.00 Å². The number of benzene rings is 1. The van der Waals surface area contributed by atoms with E-state index < -0.39 is 0 Å². The highest BCUT2D eigenvalue weighted by Gasteiger charge is 2.33. The lowest BCUT2D eigenvalue weighted by Gasteiger charge is -2.28. The van der Waals surface area contributed by atoms with Crippen LogP contribution in [0.15, 0.2) is 48.9 Å². The van der Waals surface area contributed by atoms with Crippen LogP contribution >= 0.6 is 0 Å². The van der Waals surface area contributed by atoms with Gasteiger partial charge in [0.25, 0.3) is 0 Å². The zero-order valence-corrected chi connectivity index (χ0v) is 17.3. The van der Waals surface area contributed by atoms with Crippen LogP contribution in [0.1, 0.15) is 25.3 Å². The summed E-state index contributed by atoms with van der Waals surface area (Å²) >= 11 is 0. The number of aromatic nitrogens is 4. The molecule has 1 unspecified atom stereocenters. The fraction of sp³-hybridized carbons (Fsp3) is 0.391. The fourth-order valence-electron chi connectivity index (χ4n) is 3.99. The maximum atomic E-state index is 9.14. The van der Waals surface area contributed by atoms with Crippen molar-refractivity contribution in [3.63, 3.8) is 0 Å². The van der Waals surface area contributed by atoms with E-state index in [0.717, 1.165) is 43.2 Å². The monoisotopic (exact) mass is 415 g/mol.